The quantitative estimate of drug-likeness (QED) is 0.181. The fraction of sp³-hybridized carbons (Fsp3) is 0. The molecule has 2 heterocycles. The van der Waals surface area contributed by atoms with Gasteiger partial charge in [0, 0.05) is 45.4 Å². The van der Waals surface area contributed by atoms with Gasteiger partial charge in [-0.1, -0.05) is 158 Å². The van der Waals surface area contributed by atoms with Crippen LogP contribution in [0.4, 0.5) is 0 Å². The Kier molecular flexibility index (Phi) is 7.53. The van der Waals surface area contributed by atoms with Crippen molar-refractivity contribution < 1.29 is 0 Å². The monoisotopic (exact) mass is 636 g/mol. The summed E-state index contributed by atoms with van der Waals surface area (Å²) in [5.74, 6) is 0. The van der Waals surface area contributed by atoms with Gasteiger partial charge in [0.05, 0.1) is 11.0 Å². The van der Waals surface area contributed by atoms with E-state index < -0.39 is 0 Å². The number of benzene rings is 6. The fourth-order valence-electron chi connectivity index (χ4n) is 7.26. The van der Waals surface area contributed by atoms with Gasteiger partial charge in [0.15, 0.2) is 0 Å². The summed E-state index contributed by atoms with van der Waals surface area (Å²) in [5.41, 5.74) is 15.9. The van der Waals surface area contributed by atoms with Crippen LogP contribution in [-0.4, -0.2) is 9.97 Å². The molecule has 9 rings (SSSR count). The summed E-state index contributed by atoms with van der Waals surface area (Å²) in [6.45, 7) is 0. The summed E-state index contributed by atoms with van der Waals surface area (Å²) in [7, 11) is 0. The second-order valence-corrected chi connectivity index (χ2v) is 12.5. The van der Waals surface area contributed by atoms with Crippen LogP contribution in [0.3, 0.4) is 0 Å². The molecule has 0 saturated carbocycles. The molecule has 2 aromatic heterocycles. The van der Waals surface area contributed by atoms with Gasteiger partial charge in [-0.2, -0.15) is 0 Å². The average Bonchev–Trinajstić information content (AvgIpc) is 3.19. The summed E-state index contributed by atoms with van der Waals surface area (Å²) in [4.78, 5) is 10.00. The molecule has 1 aliphatic rings. The van der Waals surface area contributed by atoms with Gasteiger partial charge < -0.3 is 0 Å². The van der Waals surface area contributed by atoms with E-state index in [2.05, 4.69) is 170 Å². The first-order chi connectivity index (χ1) is 24.8. The van der Waals surface area contributed by atoms with E-state index in [0.29, 0.717) is 0 Å². The fourth-order valence-corrected chi connectivity index (χ4v) is 7.26. The number of fused-ring (bicyclic) bond motifs is 2. The van der Waals surface area contributed by atoms with Crippen LogP contribution in [0.15, 0.2) is 206 Å². The van der Waals surface area contributed by atoms with Gasteiger partial charge in [-0.25, -0.2) is 0 Å². The minimum atomic E-state index is 0.979. The molecule has 0 amide bonds. The summed E-state index contributed by atoms with van der Waals surface area (Å²) in [5, 5.41) is 2.22. The van der Waals surface area contributed by atoms with Crippen molar-refractivity contribution >= 4 is 44.1 Å². The Bertz CT molecular complexity index is 2330. The molecule has 0 fully saturated rings. The van der Waals surface area contributed by atoms with Crippen molar-refractivity contribution in [3.63, 3.8) is 0 Å². The second kappa shape index (κ2) is 12.8. The highest BCUT2D eigenvalue weighted by Gasteiger charge is 2.38. The number of allylic oxidation sites excluding steroid dienone is 4. The lowest BCUT2D eigenvalue weighted by molar-refractivity contribution is 1.33. The highest BCUT2D eigenvalue weighted by atomic mass is 14.7. The van der Waals surface area contributed by atoms with Crippen LogP contribution < -0.4 is 0 Å². The van der Waals surface area contributed by atoms with Crippen LogP contribution in [0.25, 0.3) is 44.1 Å². The minimum absolute atomic E-state index is 0.979. The Morgan fingerprint density at radius 1 is 0.320 bits per heavy atom. The highest BCUT2D eigenvalue weighted by molar-refractivity contribution is 6.27. The summed E-state index contributed by atoms with van der Waals surface area (Å²) >= 11 is 0. The van der Waals surface area contributed by atoms with Crippen molar-refractivity contribution in [1.82, 2.24) is 9.97 Å². The lowest BCUT2D eigenvalue weighted by atomic mass is 9.65. The third-order valence-electron chi connectivity index (χ3n) is 9.51. The molecular formula is C48H32N2. The van der Waals surface area contributed by atoms with E-state index in [1.54, 1.807) is 0 Å². The molecule has 6 aromatic carbocycles. The highest BCUT2D eigenvalue weighted by Crippen LogP contribution is 2.58. The zero-order valence-corrected chi connectivity index (χ0v) is 27.4. The maximum atomic E-state index is 5.00. The van der Waals surface area contributed by atoms with Crippen LogP contribution >= 0.6 is 0 Å². The number of rotatable bonds is 6. The van der Waals surface area contributed by atoms with E-state index in [-0.39, 0.29) is 0 Å². The first kappa shape index (κ1) is 29.5. The molecule has 0 unspecified atom stereocenters. The van der Waals surface area contributed by atoms with Crippen LogP contribution in [0.1, 0.15) is 33.4 Å². The Labute approximate surface area is 292 Å². The maximum absolute atomic E-state index is 5.00. The molecule has 234 valence electrons. The third kappa shape index (κ3) is 5.24. The van der Waals surface area contributed by atoms with Crippen molar-refractivity contribution in [3.05, 3.63) is 239 Å². The molecule has 0 atom stereocenters. The number of nitrogens with zero attached hydrogens (tertiary/aromatic N) is 2. The van der Waals surface area contributed by atoms with E-state index >= 15 is 0 Å². The number of hydrogen-bond acceptors (Lipinski definition) is 2. The van der Waals surface area contributed by atoms with Gasteiger partial charge in [0.1, 0.15) is 0 Å². The molecule has 0 N–H and O–H groups in total. The van der Waals surface area contributed by atoms with E-state index in [1.807, 2.05) is 24.5 Å². The molecule has 0 spiro atoms. The molecule has 0 bridgehead atoms. The maximum Gasteiger partial charge on any atom is 0.0702 e. The van der Waals surface area contributed by atoms with Crippen molar-refractivity contribution in [2.24, 2.45) is 0 Å². The number of pyridine rings is 2. The largest absolute Gasteiger partial charge is 0.256 e. The molecule has 2 nitrogen and oxygen atoms in total. The first-order valence-corrected chi connectivity index (χ1v) is 17.0. The summed E-state index contributed by atoms with van der Waals surface area (Å²) in [6.07, 6.45) is 4.09. The average molecular weight is 637 g/mol. The van der Waals surface area contributed by atoms with Gasteiger partial charge in [-0.05, 0) is 68.8 Å². The number of para-hydroxylation sites is 2. The zero-order valence-electron chi connectivity index (χ0n) is 27.4. The minimum Gasteiger partial charge on any atom is -0.256 e. The summed E-state index contributed by atoms with van der Waals surface area (Å²) < 4.78 is 0. The number of aromatic nitrogens is 2. The molecule has 0 saturated heterocycles. The van der Waals surface area contributed by atoms with E-state index in [1.165, 1.54) is 33.4 Å². The van der Waals surface area contributed by atoms with Crippen molar-refractivity contribution in [2.45, 2.75) is 0 Å². The smallest absolute Gasteiger partial charge is 0.0702 e. The van der Waals surface area contributed by atoms with E-state index in [0.717, 1.165) is 55.2 Å². The van der Waals surface area contributed by atoms with Gasteiger partial charge in [-0.3, -0.25) is 9.97 Å². The van der Waals surface area contributed by atoms with Crippen molar-refractivity contribution in [2.75, 3.05) is 0 Å². The van der Waals surface area contributed by atoms with E-state index in [4.69, 9.17) is 9.97 Å². The van der Waals surface area contributed by atoms with Gasteiger partial charge in [0.25, 0.3) is 0 Å². The van der Waals surface area contributed by atoms with Crippen molar-refractivity contribution in [1.29, 1.82) is 0 Å². The van der Waals surface area contributed by atoms with Gasteiger partial charge >= 0.3 is 0 Å². The molecule has 0 radical (unpaired) electrons. The SMILES string of the molecule is c1ccc(C(=C2C(=C(c3ccccc3)c3ccccc3)C(c3cnc4ccccc4c3)=C2c2cnc3ccccc3c2)c2ccccc2)cc1. The van der Waals surface area contributed by atoms with E-state index in [9.17, 15) is 0 Å². The third-order valence-corrected chi connectivity index (χ3v) is 9.51. The standard InChI is InChI=1S/C48H32N2/c1-5-17-33(18-6-1)43(34-19-7-2-8-20-34)47-45(39-29-37-25-13-15-27-41(37)49-31-39)46(40-30-38-26-14-16-28-42(38)50-32-40)48(47)44(35-21-9-3-10-22-35)36-23-11-4-12-24-36/h1-32H. The van der Waals surface area contributed by atoms with Gasteiger partial charge in [0.2, 0.25) is 0 Å². The normalized spacial score (nSPS) is 12.6. The second-order valence-electron chi connectivity index (χ2n) is 12.5. The zero-order chi connectivity index (χ0) is 33.3. The Morgan fingerprint density at radius 3 is 0.960 bits per heavy atom. The van der Waals surface area contributed by atoms with Crippen LogP contribution in [0.2, 0.25) is 0 Å². The molecule has 8 aromatic rings. The molecule has 1 aliphatic carbocycles. The summed E-state index contributed by atoms with van der Waals surface area (Å²) in [6, 6.07) is 64.5. The Balaban J connectivity index is 1.50. The molecular weight excluding hydrogens is 605 g/mol. The van der Waals surface area contributed by atoms with Crippen LogP contribution in [0, 0.1) is 0 Å². The predicted molar refractivity (Wildman–Crippen MR) is 208 cm³/mol. The van der Waals surface area contributed by atoms with Crippen LogP contribution in [0.5, 0.6) is 0 Å². The predicted octanol–water partition coefficient (Wildman–Crippen LogP) is 11.7. The topological polar surface area (TPSA) is 25.8 Å². The molecule has 50 heavy (non-hydrogen) atoms. The van der Waals surface area contributed by atoms with Crippen LogP contribution in [-0.2, 0) is 0 Å². The Morgan fingerprint density at radius 2 is 0.620 bits per heavy atom. The lowest BCUT2D eigenvalue weighted by Gasteiger charge is -2.37. The molecule has 2 heteroatoms. The first-order valence-electron chi connectivity index (χ1n) is 17.0. The van der Waals surface area contributed by atoms with Gasteiger partial charge in [-0.15, -0.1) is 0 Å². The van der Waals surface area contributed by atoms with Crippen molar-refractivity contribution in [3.8, 4) is 0 Å². The Hall–Kier alpha value is -6.64. The number of hydrogen-bond donors (Lipinski definition) is 0. The molecule has 0 aliphatic heterocycles. The lowest BCUT2D eigenvalue weighted by Crippen LogP contribution is -2.17.